The molecule has 0 unspecified atom stereocenters. The van der Waals surface area contributed by atoms with Crippen LogP contribution in [0.5, 0.6) is 0 Å². The van der Waals surface area contributed by atoms with Crippen LogP contribution in [0.3, 0.4) is 0 Å². The highest BCUT2D eigenvalue weighted by molar-refractivity contribution is 5.94. The lowest BCUT2D eigenvalue weighted by atomic mass is 9.95. The van der Waals surface area contributed by atoms with Crippen LogP contribution >= 0.6 is 0 Å². The molecule has 2 atom stereocenters. The molecule has 31 heavy (non-hydrogen) atoms. The molecule has 3 aromatic rings. The highest BCUT2D eigenvalue weighted by Gasteiger charge is 2.36. The van der Waals surface area contributed by atoms with Crippen molar-refractivity contribution in [2.24, 2.45) is 5.73 Å². The summed E-state index contributed by atoms with van der Waals surface area (Å²) in [6.45, 7) is 0.602. The van der Waals surface area contributed by atoms with Gasteiger partial charge in [0.05, 0.1) is 10.9 Å². The number of halogens is 2. The molecule has 0 spiro atoms. The number of fused-ring (bicyclic) bond motifs is 1. The maximum Gasteiger partial charge on any atom is 0.341 e. The second kappa shape index (κ2) is 7.16. The van der Waals surface area contributed by atoms with E-state index in [0.29, 0.717) is 6.54 Å². The maximum absolute atomic E-state index is 15.8. The summed E-state index contributed by atoms with van der Waals surface area (Å²) < 4.78 is 32.4. The molecule has 1 aliphatic carbocycles. The number of aromatic nitrogens is 1. The average Bonchev–Trinajstić information content (AvgIpc) is 3.51. The number of carbonyl (C=O) groups is 1. The van der Waals surface area contributed by atoms with Crippen molar-refractivity contribution in [1.82, 2.24) is 4.57 Å². The highest BCUT2D eigenvalue weighted by Crippen LogP contribution is 2.41. The molecule has 2 fully saturated rings. The number of pyridine rings is 1. The Balaban J connectivity index is 1.66. The number of benzene rings is 2. The lowest BCUT2D eigenvalue weighted by Gasteiger charge is -2.22. The zero-order chi connectivity index (χ0) is 21.9. The molecule has 2 aliphatic rings. The third-order valence-electron chi connectivity index (χ3n) is 6.26. The summed E-state index contributed by atoms with van der Waals surface area (Å²) in [4.78, 5) is 25.7. The quantitative estimate of drug-likeness (QED) is 0.670. The number of carboxylic acids is 1. The summed E-state index contributed by atoms with van der Waals surface area (Å²) in [5.41, 5.74) is 5.66. The fourth-order valence-electron chi connectivity index (χ4n) is 4.58. The van der Waals surface area contributed by atoms with Crippen LogP contribution in [-0.2, 0) is 0 Å². The normalized spacial score (nSPS) is 21.1. The molecule has 160 valence electrons. The molecule has 8 heteroatoms. The van der Waals surface area contributed by atoms with E-state index in [9.17, 15) is 14.7 Å². The molecule has 2 heterocycles. The summed E-state index contributed by atoms with van der Waals surface area (Å²) in [5, 5.41) is 9.11. The van der Waals surface area contributed by atoms with E-state index in [2.05, 4.69) is 0 Å². The van der Waals surface area contributed by atoms with Crippen molar-refractivity contribution >= 4 is 22.6 Å². The van der Waals surface area contributed by atoms with Crippen molar-refractivity contribution in [2.75, 3.05) is 18.0 Å². The van der Waals surface area contributed by atoms with Crippen molar-refractivity contribution in [2.45, 2.75) is 30.8 Å². The van der Waals surface area contributed by atoms with Crippen molar-refractivity contribution in [3.63, 3.8) is 0 Å². The van der Waals surface area contributed by atoms with Gasteiger partial charge in [0.25, 0.3) is 0 Å². The Labute approximate surface area is 176 Å². The first kappa shape index (κ1) is 19.7. The average molecular weight is 425 g/mol. The number of rotatable bonds is 4. The van der Waals surface area contributed by atoms with Crippen molar-refractivity contribution in [3.05, 3.63) is 75.6 Å². The van der Waals surface area contributed by atoms with Crippen LogP contribution in [-0.4, -0.2) is 34.8 Å². The minimum atomic E-state index is -1.41. The second-order valence-corrected chi connectivity index (χ2v) is 8.32. The molecule has 3 N–H and O–H groups in total. The van der Waals surface area contributed by atoms with Crippen LogP contribution < -0.4 is 16.1 Å². The SMILES string of the molecule is N[C@@H]1CN(c2c(F)cc3c(=O)c(C(=O)O)cn(C4CC4)c3c2F)C[C@H]1c1ccccc1. The monoisotopic (exact) mass is 425 g/mol. The number of anilines is 1. The fraction of sp³-hybridized carbons (Fsp3) is 0.304. The van der Waals surface area contributed by atoms with E-state index in [0.717, 1.165) is 24.5 Å². The van der Waals surface area contributed by atoms with Crippen LogP contribution in [0.1, 0.15) is 40.7 Å². The predicted molar refractivity (Wildman–Crippen MR) is 113 cm³/mol. The molecule has 1 aromatic heterocycles. The highest BCUT2D eigenvalue weighted by atomic mass is 19.1. The largest absolute Gasteiger partial charge is 0.477 e. The molecule has 0 bridgehead atoms. The Morgan fingerprint density at radius 1 is 1.13 bits per heavy atom. The van der Waals surface area contributed by atoms with Crippen molar-refractivity contribution in [1.29, 1.82) is 0 Å². The topological polar surface area (TPSA) is 88.6 Å². The zero-order valence-electron chi connectivity index (χ0n) is 16.6. The molecule has 0 radical (unpaired) electrons. The van der Waals surface area contributed by atoms with Gasteiger partial charge in [0.15, 0.2) is 5.82 Å². The molecule has 1 saturated heterocycles. The third kappa shape index (κ3) is 3.18. The Hall–Kier alpha value is -3.26. The number of nitrogens with two attached hydrogens (primary N) is 1. The number of aromatic carboxylic acids is 1. The first-order valence-electron chi connectivity index (χ1n) is 10.2. The van der Waals surface area contributed by atoms with Gasteiger partial charge >= 0.3 is 5.97 Å². The minimum Gasteiger partial charge on any atom is -0.477 e. The van der Waals surface area contributed by atoms with E-state index < -0.39 is 28.6 Å². The van der Waals surface area contributed by atoms with Gasteiger partial charge in [-0.15, -0.1) is 0 Å². The van der Waals surface area contributed by atoms with Gasteiger partial charge in [-0.1, -0.05) is 30.3 Å². The number of hydrogen-bond acceptors (Lipinski definition) is 4. The lowest BCUT2D eigenvalue weighted by molar-refractivity contribution is 0.0694. The van der Waals surface area contributed by atoms with Gasteiger partial charge in [-0.3, -0.25) is 4.79 Å². The van der Waals surface area contributed by atoms with E-state index in [-0.39, 0.29) is 41.1 Å². The van der Waals surface area contributed by atoms with E-state index >= 15 is 8.78 Å². The maximum atomic E-state index is 15.8. The van der Waals surface area contributed by atoms with E-state index in [4.69, 9.17) is 5.73 Å². The Kier molecular flexibility index (Phi) is 4.55. The molecule has 5 rings (SSSR count). The Morgan fingerprint density at radius 2 is 1.84 bits per heavy atom. The summed E-state index contributed by atoms with van der Waals surface area (Å²) in [6.07, 6.45) is 2.67. The summed E-state index contributed by atoms with van der Waals surface area (Å²) in [7, 11) is 0. The van der Waals surface area contributed by atoms with Crippen LogP contribution in [0, 0.1) is 11.6 Å². The molecule has 1 aliphatic heterocycles. The van der Waals surface area contributed by atoms with Gasteiger partial charge in [0, 0.05) is 37.3 Å². The van der Waals surface area contributed by atoms with Gasteiger partial charge in [-0.25, -0.2) is 13.6 Å². The van der Waals surface area contributed by atoms with E-state index in [1.807, 2.05) is 30.3 Å². The lowest BCUT2D eigenvalue weighted by Crippen LogP contribution is -2.29. The standard InChI is InChI=1S/C23H21F2N3O3/c24-17-8-14-20(28(13-6-7-13)10-16(22(14)29)23(30)31)19(25)21(17)27-9-15(18(26)11-27)12-4-2-1-3-5-12/h1-5,8,10,13,15,18H,6-7,9,11,26H2,(H,30,31)/t15-,18+/m0/s1. The van der Waals surface area contributed by atoms with Gasteiger partial charge in [0.2, 0.25) is 5.43 Å². The summed E-state index contributed by atoms with van der Waals surface area (Å²) in [5.74, 6) is -3.25. The van der Waals surface area contributed by atoms with Gasteiger partial charge in [0.1, 0.15) is 17.1 Å². The van der Waals surface area contributed by atoms with Crippen LogP contribution in [0.4, 0.5) is 14.5 Å². The molecule has 2 aromatic carbocycles. The smallest absolute Gasteiger partial charge is 0.341 e. The molecule has 6 nitrogen and oxygen atoms in total. The second-order valence-electron chi connectivity index (χ2n) is 8.32. The van der Waals surface area contributed by atoms with Gasteiger partial charge in [-0.2, -0.15) is 0 Å². The Morgan fingerprint density at radius 3 is 2.48 bits per heavy atom. The van der Waals surface area contributed by atoms with Crippen molar-refractivity contribution < 1.29 is 18.7 Å². The Bertz CT molecular complexity index is 1250. The first-order chi connectivity index (χ1) is 14.9. The fourth-order valence-corrected chi connectivity index (χ4v) is 4.58. The third-order valence-corrected chi connectivity index (χ3v) is 6.26. The minimum absolute atomic E-state index is 0.0503. The van der Waals surface area contributed by atoms with Crippen LogP contribution in [0.25, 0.3) is 10.9 Å². The van der Waals surface area contributed by atoms with Gasteiger partial charge in [-0.05, 0) is 24.5 Å². The molecular formula is C23H21F2N3O3. The summed E-state index contributed by atoms with van der Waals surface area (Å²) in [6, 6.07) is 10.1. The van der Waals surface area contributed by atoms with Crippen LogP contribution in [0.2, 0.25) is 0 Å². The first-order valence-corrected chi connectivity index (χ1v) is 10.2. The molecule has 1 saturated carbocycles. The van der Waals surface area contributed by atoms with E-state index in [1.54, 1.807) is 4.90 Å². The summed E-state index contributed by atoms with van der Waals surface area (Å²) >= 11 is 0. The molecular weight excluding hydrogens is 404 g/mol. The zero-order valence-corrected chi connectivity index (χ0v) is 16.6. The van der Waals surface area contributed by atoms with E-state index in [1.165, 1.54) is 10.8 Å². The van der Waals surface area contributed by atoms with Gasteiger partial charge < -0.3 is 20.3 Å². The number of hydrogen-bond donors (Lipinski definition) is 2. The van der Waals surface area contributed by atoms with Crippen molar-refractivity contribution in [3.8, 4) is 0 Å². The number of carboxylic acid groups (broad SMARTS) is 1. The number of nitrogens with zero attached hydrogens (tertiary/aromatic N) is 2. The predicted octanol–water partition coefficient (Wildman–Crippen LogP) is 3.24. The van der Waals surface area contributed by atoms with Crippen LogP contribution in [0.15, 0.2) is 47.4 Å². The molecule has 0 amide bonds.